The molecule has 3 nitrogen and oxygen atoms in total. The molecule has 0 amide bonds. The van der Waals surface area contributed by atoms with Crippen molar-refractivity contribution >= 4 is 0 Å². The van der Waals surface area contributed by atoms with E-state index in [1.165, 1.54) is 0 Å². The van der Waals surface area contributed by atoms with Crippen molar-refractivity contribution in [2.24, 2.45) is 0 Å². The van der Waals surface area contributed by atoms with Crippen LogP contribution in [-0.2, 0) is 21.1 Å². The van der Waals surface area contributed by atoms with Crippen LogP contribution in [0.25, 0.3) is 0 Å². The van der Waals surface area contributed by atoms with Gasteiger partial charge in [-0.2, -0.15) is 5.56 Å². The zero-order valence-electron chi connectivity index (χ0n) is 4.80. The Morgan fingerprint density at radius 1 is 1.78 bits per heavy atom. The van der Waals surface area contributed by atoms with E-state index in [9.17, 15) is 0 Å². The van der Waals surface area contributed by atoms with Gasteiger partial charge in [0.05, 0.1) is 0 Å². The third-order valence-corrected chi connectivity index (χ3v) is 0.878. The Labute approximate surface area is 67.3 Å². The van der Waals surface area contributed by atoms with Gasteiger partial charge in [-0.05, 0) is 5.69 Å². The number of aromatic nitrogens is 2. The number of nitrogens with one attached hydrogen (secondary N) is 1. The van der Waals surface area contributed by atoms with Crippen molar-refractivity contribution in [3.05, 3.63) is 17.5 Å². The zero-order valence-corrected chi connectivity index (χ0v) is 7.74. The minimum Gasteiger partial charge on any atom is -0.365 e. The summed E-state index contributed by atoms with van der Waals surface area (Å²) in [5.74, 6) is 0. The van der Waals surface area contributed by atoms with Crippen LogP contribution >= 0.6 is 0 Å². The predicted octanol–water partition coefficient (Wildman–Crippen LogP) is 0.387. The molecule has 1 aromatic heterocycles. The second-order valence-corrected chi connectivity index (χ2v) is 1.45. The van der Waals surface area contributed by atoms with E-state index in [2.05, 4.69) is 16.4 Å². The van der Waals surface area contributed by atoms with Gasteiger partial charge in [0.25, 0.3) is 0 Å². The molecule has 9 heavy (non-hydrogen) atoms. The van der Waals surface area contributed by atoms with Gasteiger partial charge in [0, 0.05) is 27.1 Å². The predicted molar refractivity (Wildman–Crippen MR) is 26.9 cm³/mol. The maximum Gasteiger partial charge on any atom is 0.0178 e. The molecule has 0 radical (unpaired) electrons. The Balaban J connectivity index is 0.000000640. The summed E-state index contributed by atoms with van der Waals surface area (Å²) >= 11 is 0. The summed E-state index contributed by atoms with van der Waals surface area (Å²) in [6.07, 6.45) is 2.59. The Hall–Kier alpha value is -0.612. The molecular formula is C5H4N3W-. The first kappa shape index (κ1) is 8.39. The number of aryl methyl sites for hydroxylation is 1. The van der Waals surface area contributed by atoms with Crippen molar-refractivity contribution in [1.29, 1.82) is 5.26 Å². The van der Waals surface area contributed by atoms with Crippen LogP contribution < -0.4 is 0 Å². The number of nitriles is 1. The number of nitrogens with zero attached hydrogens (tertiary/aromatic N) is 2. The normalized spacial score (nSPS) is 7.56. The number of hydrogen-bond donors (Lipinski definition) is 1. The summed E-state index contributed by atoms with van der Waals surface area (Å²) in [6.45, 7) is 1.78. The van der Waals surface area contributed by atoms with Gasteiger partial charge in [0.1, 0.15) is 0 Å². The third-order valence-electron chi connectivity index (χ3n) is 0.878. The van der Waals surface area contributed by atoms with Crippen molar-refractivity contribution in [2.75, 3.05) is 0 Å². The summed E-state index contributed by atoms with van der Waals surface area (Å²) < 4.78 is 0. The molecule has 1 heterocycles. The van der Waals surface area contributed by atoms with E-state index >= 15 is 0 Å². The first-order chi connectivity index (χ1) is 3.84. The molecule has 0 spiro atoms. The fourth-order valence-electron chi connectivity index (χ4n) is 0.416. The van der Waals surface area contributed by atoms with Crippen molar-refractivity contribution in [1.82, 2.24) is 10.2 Å². The van der Waals surface area contributed by atoms with E-state index in [0.29, 0.717) is 5.69 Å². The first-order valence-corrected chi connectivity index (χ1v) is 2.17. The van der Waals surface area contributed by atoms with Crippen molar-refractivity contribution < 1.29 is 21.1 Å². The van der Waals surface area contributed by atoms with Crippen LogP contribution in [-0.4, -0.2) is 10.2 Å². The molecule has 46 valence electrons. The van der Waals surface area contributed by atoms with Crippen LogP contribution in [0.2, 0.25) is 0 Å². The number of rotatable bonds is 0. The van der Waals surface area contributed by atoms with Gasteiger partial charge >= 0.3 is 0 Å². The van der Waals surface area contributed by atoms with Gasteiger partial charge in [0.15, 0.2) is 0 Å². The monoisotopic (exact) mass is 290 g/mol. The molecule has 0 aliphatic carbocycles. The molecule has 0 atom stereocenters. The van der Waals surface area contributed by atoms with E-state index in [4.69, 9.17) is 5.26 Å². The van der Waals surface area contributed by atoms with Crippen LogP contribution in [0.5, 0.6) is 0 Å². The smallest absolute Gasteiger partial charge is 0.0178 e. The fraction of sp³-hybridized carbons (Fsp3) is 0.200. The van der Waals surface area contributed by atoms with Crippen LogP contribution in [0.1, 0.15) is 11.3 Å². The summed E-state index contributed by atoms with van der Waals surface area (Å²) in [7, 11) is 0. The molecule has 0 aliphatic rings. The van der Waals surface area contributed by atoms with Crippen LogP contribution in [0.3, 0.4) is 0 Å². The van der Waals surface area contributed by atoms with Crippen molar-refractivity contribution in [3.8, 4) is 6.07 Å². The molecule has 0 saturated carbocycles. The average molecular weight is 290 g/mol. The maximum absolute atomic E-state index is 8.27. The molecular weight excluding hydrogens is 286 g/mol. The fourth-order valence-corrected chi connectivity index (χ4v) is 0.416. The molecule has 0 aliphatic heterocycles. The Kier molecular flexibility index (Phi) is 3.19. The Morgan fingerprint density at radius 3 is 2.67 bits per heavy atom. The summed E-state index contributed by atoms with van der Waals surface area (Å²) in [4.78, 5) is 0. The minimum atomic E-state index is 0. The summed E-state index contributed by atoms with van der Waals surface area (Å²) in [5, 5.41) is 14.3. The second-order valence-electron chi connectivity index (χ2n) is 1.45. The first-order valence-electron chi connectivity index (χ1n) is 2.17. The van der Waals surface area contributed by atoms with Gasteiger partial charge in [0.2, 0.25) is 0 Å². The van der Waals surface area contributed by atoms with Gasteiger partial charge < -0.3 is 10.2 Å². The topological polar surface area (TPSA) is 52.5 Å². The number of hydrogen-bond acceptors (Lipinski definition) is 2. The van der Waals surface area contributed by atoms with E-state index in [0.717, 1.165) is 5.56 Å². The number of aromatic amines is 1. The van der Waals surface area contributed by atoms with E-state index < -0.39 is 0 Å². The number of H-pyrrole nitrogens is 1. The Morgan fingerprint density at radius 2 is 2.44 bits per heavy atom. The largest absolute Gasteiger partial charge is 0.365 e. The summed E-state index contributed by atoms with van der Waals surface area (Å²) in [6, 6.07) is 1.93. The van der Waals surface area contributed by atoms with Gasteiger partial charge in [-0.1, -0.05) is 6.92 Å². The SMILES string of the molecule is Cc1[c-]n[nH]c1C#N.[W]. The molecule has 4 heteroatoms. The van der Waals surface area contributed by atoms with Crippen molar-refractivity contribution in [3.63, 3.8) is 0 Å². The van der Waals surface area contributed by atoms with E-state index in [-0.39, 0.29) is 21.1 Å². The zero-order chi connectivity index (χ0) is 5.98. The molecule has 1 rings (SSSR count). The molecule has 1 aromatic rings. The minimum absolute atomic E-state index is 0. The van der Waals surface area contributed by atoms with Crippen LogP contribution in [0.15, 0.2) is 0 Å². The van der Waals surface area contributed by atoms with Gasteiger partial charge in [-0.25, -0.2) is 5.26 Å². The van der Waals surface area contributed by atoms with E-state index in [1.807, 2.05) is 6.07 Å². The maximum atomic E-state index is 8.27. The van der Waals surface area contributed by atoms with Gasteiger partial charge in [-0.3, -0.25) is 0 Å². The summed E-state index contributed by atoms with van der Waals surface area (Å²) in [5.41, 5.74) is 1.26. The van der Waals surface area contributed by atoms with Gasteiger partial charge in [-0.15, -0.1) is 6.20 Å². The molecule has 0 aromatic carbocycles. The second kappa shape index (κ2) is 3.42. The quantitative estimate of drug-likeness (QED) is 0.703. The third kappa shape index (κ3) is 1.65. The molecule has 0 bridgehead atoms. The molecule has 1 N–H and O–H groups in total. The molecule has 0 unspecified atom stereocenters. The average Bonchev–Trinajstić information content (AvgIpc) is 2.14. The van der Waals surface area contributed by atoms with Crippen LogP contribution in [0.4, 0.5) is 0 Å². The Bertz CT molecular complexity index is 222. The standard InChI is InChI=1S/C5H4N3.W/c1-4-3-7-8-5(4)2-6;/h1H3,(H,7,8);/q-1;. The molecule has 0 saturated heterocycles. The van der Waals surface area contributed by atoms with Crippen LogP contribution in [0, 0.1) is 24.5 Å². The van der Waals surface area contributed by atoms with E-state index in [1.54, 1.807) is 6.92 Å². The molecule has 0 fully saturated rings. The van der Waals surface area contributed by atoms with Crippen molar-refractivity contribution in [2.45, 2.75) is 6.92 Å².